The fraction of sp³-hybridized carbons (Fsp3) is 0.263. The second-order valence-corrected chi connectivity index (χ2v) is 7.96. The zero-order valence-corrected chi connectivity index (χ0v) is 17.2. The van der Waals surface area contributed by atoms with Gasteiger partial charge in [-0.2, -0.15) is 0 Å². The molecule has 0 spiro atoms. The molecule has 0 aliphatic rings. The van der Waals surface area contributed by atoms with Crippen molar-refractivity contribution in [1.82, 2.24) is 9.80 Å². The summed E-state index contributed by atoms with van der Waals surface area (Å²) in [6.45, 7) is 1.04. The van der Waals surface area contributed by atoms with Gasteiger partial charge in [-0.05, 0) is 43.9 Å². The van der Waals surface area contributed by atoms with E-state index in [1.54, 1.807) is 36.2 Å². The second-order valence-electron chi connectivity index (χ2n) is 6.40. The molecular weight excluding hydrogens is 401 g/mol. The largest absolute Gasteiger partial charge is 0.483 e. The van der Waals surface area contributed by atoms with Crippen molar-refractivity contribution < 1.29 is 27.5 Å². The summed E-state index contributed by atoms with van der Waals surface area (Å²) in [5.74, 6) is -0.891. The van der Waals surface area contributed by atoms with Crippen LogP contribution < -0.4 is 5.14 Å². The smallest absolute Gasteiger partial charge is 0.290 e. The van der Waals surface area contributed by atoms with Crippen LogP contribution in [-0.2, 0) is 14.8 Å². The normalized spacial score (nSPS) is 10.8. The average molecular weight is 425 g/mol. The minimum atomic E-state index is -3.98. The molecular formula is C19H24FN3O5S. The Morgan fingerprint density at radius 2 is 1.76 bits per heavy atom. The van der Waals surface area contributed by atoms with E-state index in [-0.39, 0.29) is 22.8 Å². The van der Waals surface area contributed by atoms with Crippen molar-refractivity contribution in [2.24, 2.45) is 5.14 Å². The van der Waals surface area contributed by atoms with Gasteiger partial charge in [0.05, 0.1) is 4.90 Å². The predicted molar refractivity (Wildman–Crippen MR) is 107 cm³/mol. The molecule has 0 radical (unpaired) electrons. The molecule has 10 heteroatoms. The number of amides is 1. The van der Waals surface area contributed by atoms with E-state index in [0.29, 0.717) is 17.7 Å². The van der Waals surface area contributed by atoms with Crippen LogP contribution in [0.5, 0.6) is 0 Å². The van der Waals surface area contributed by atoms with Crippen LogP contribution in [0.2, 0.25) is 0 Å². The second kappa shape index (κ2) is 10.6. The Kier molecular flexibility index (Phi) is 8.89. The van der Waals surface area contributed by atoms with E-state index < -0.39 is 15.8 Å². The molecule has 3 N–H and O–H groups in total. The van der Waals surface area contributed by atoms with E-state index in [1.807, 2.05) is 19.0 Å². The number of likely N-dealkylation sites (N-methyl/N-ethyl adjacent to an activating group) is 2. The highest BCUT2D eigenvalue weighted by molar-refractivity contribution is 7.89. The van der Waals surface area contributed by atoms with E-state index in [4.69, 9.17) is 15.0 Å². The molecule has 0 fully saturated rings. The quantitative estimate of drug-likeness (QED) is 0.676. The molecule has 1 amide bonds. The fourth-order valence-electron chi connectivity index (χ4n) is 2.40. The number of carbonyl (C=O) groups excluding carboxylic acids is 1. The van der Waals surface area contributed by atoms with Gasteiger partial charge in [-0.1, -0.05) is 18.2 Å². The zero-order chi connectivity index (χ0) is 22.2. The highest BCUT2D eigenvalue weighted by Gasteiger charge is 2.15. The predicted octanol–water partition coefficient (Wildman–Crippen LogP) is 1.47. The topological polar surface area (TPSA) is 121 Å². The van der Waals surface area contributed by atoms with Crippen molar-refractivity contribution in [3.63, 3.8) is 0 Å². The third kappa shape index (κ3) is 7.26. The molecule has 0 bridgehead atoms. The molecule has 0 unspecified atom stereocenters. The third-order valence-corrected chi connectivity index (χ3v) is 4.83. The fourth-order valence-corrected chi connectivity index (χ4v) is 2.92. The van der Waals surface area contributed by atoms with Crippen molar-refractivity contribution >= 4 is 22.4 Å². The minimum Gasteiger partial charge on any atom is -0.483 e. The summed E-state index contributed by atoms with van der Waals surface area (Å²) in [7, 11) is 1.58. The molecule has 29 heavy (non-hydrogen) atoms. The summed E-state index contributed by atoms with van der Waals surface area (Å²) < 4.78 is 37.0. The van der Waals surface area contributed by atoms with Gasteiger partial charge in [-0.3, -0.25) is 9.59 Å². The Labute approximate surface area is 169 Å². The Balaban J connectivity index is 0.00000132. The summed E-state index contributed by atoms with van der Waals surface area (Å²) >= 11 is 0. The number of hydrogen-bond donors (Lipinski definition) is 2. The van der Waals surface area contributed by atoms with Crippen LogP contribution in [0.3, 0.4) is 0 Å². The van der Waals surface area contributed by atoms with Crippen LogP contribution in [0.4, 0.5) is 4.39 Å². The molecule has 2 aromatic rings. The molecule has 2 aromatic carbocycles. The zero-order valence-electron chi connectivity index (χ0n) is 16.4. The lowest BCUT2D eigenvalue weighted by Crippen LogP contribution is -2.33. The van der Waals surface area contributed by atoms with E-state index in [0.717, 1.165) is 12.6 Å². The van der Waals surface area contributed by atoms with Crippen LogP contribution >= 0.6 is 0 Å². The van der Waals surface area contributed by atoms with Gasteiger partial charge in [-0.25, -0.2) is 17.9 Å². The summed E-state index contributed by atoms with van der Waals surface area (Å²) in [4.78, 5) is 24.2. The molecule has 0 aliphatic carbocycles. The van der Waals surface area contributed by atoms with E-state index >= 15 is 0 Å². The molecule has 158 valence electrons. The Morgan fingerprint density at radius 1 is 1.14 bits per heavy atom. The van der Waals surface area contributed by atoms with Crippen molar-refractivity contribution in [2.75, 3.05) is 34.2 Å². The number of hydrogen-bond acceptors (Lipinski definition) is 5. The number of sulfonamides is 1. The van der Waals surface area contributed by atoms with Gasteiger partial charge in [0.25, 0.3) is 12.4 Å². The van der Waals surface area contributed by atoms with Gasteiger partial charge in [0.15, 0.2) is 0 Å². The maximum Gasteiger partial charge on any atom is 0.290 e. The number of benzene rings is 2. The Bertz CT molecular complexity index is 964. The SMILES string of the molecule is CN(C)CCN(C)C(=O)c1cccc(-c2ccc(S(N)(=O)=O)cc2F)c1.O=CO. The lowest BCUT2D eigenvalue weighted by atomic mass is 10.0. The Morgan fingerprint density at radius 3 is 2.28 bits per heavy atom. The molecule has 8 nitrogen and oxygen atoms in total. The molecule has 0 saturated heterocycles. The van der Waals surface area contributed by atoms with Crippen LogP contribution in [0.15, 0.2) is 47.4 Å². The number of halogens is 1. The summed E-state index contributed by atoms with van der Waals surface area (Å²) in [5.41, 5.74) is 1.11. The summed E-state index contributed by atoms with van der Waals surface area (Å²) in [5, 5.41) is 11.9. The lowest BCUT2D eigenvalue weighted by molar-refractivity contribution is -0.122. The van der Waals surface area contributed by atoms with Crippen molar-refractivity contribution in [1.29, 1.82) is 0 Å². The number of carboxylic acid groups (broad SMARTS) is 1. The molecule has 0 aliphatic heterocycles. The van der Waals surface area contributed by atoms with E-state index in [1.165, 1.54) is 12.1 Å². The van der Waals surface area contributed by atoms with Gasteiger partial charge in [-0.15, -0.1) is 0 Å². The van der Waals surface area contributed by atoms with Gasteiger partial charge < -0.3 is 14.9 Å². The molecule has 0 atom stereocenters. The lowest BCUT2D eigenvalue weighted by Gasteiger charge is -2.20. The van der Waals surface area contributed by atoms with E-state index in [9.17, 15) is 17.6 Å². The first-order valence-electron chi connectivity index (χ1n) is 8.42. The third-order valence-electron chi connectivity index (χ3n) is 3.92. The number of nitrogens with two attached hydrogens (primary N) is 1. The van der Waals surface area contributed by atoms with Gasteiger partial charge >= 0.3 is 0 Å². The molecule has 0 saturated carbocycles. The monoisotopic (exact) mass is 425 g/mol. The van der Waals surface area contributed by atoms with Crippen molar-refractivity contribution in [2.45, 2.75) is 4.90 Å². The highest BCUT2D eigenvalue weighted by Crippen LogP contribution is 2.26. The average Bonchev–Trinajstić information content (AvgIpc) is 2.65. The summed E-state index contributed by atoms with van der Waals surface area (Å²) in [6, 6.07) is 10.0. The maximum absolute atomic E-state index is 14.3. The van der Waals surface area contributed by atoms with Crippen molar-refractivity contribution in [3.05, 3.63) is 53.8 Å². The molecule has 0 aromatic heterocycles. The first-order chi connectivity index (χ1) is 13.5. The number of carbonyl (C=O) groups is 2. The van der Waals surface area contributed by atoms with Gasteiger partial charge in [0.2, 0.25) is 10.0 Å². The van der Waals surface area contributed by atoms with Crippen LogP contribution in [0, 0.1) is 5.82 Å². The standard InChI is InChI=1S/C18H22FN3O3S.CH2O2/c1-21(2)9-10-22(3)18(23)14-6-4-5-13(11-14)16-8-7-15(12-17(16)19)26(20,24)25;2-1-3/h4-8,11-12H,9-10H2,1-3H3,(H2,20,24,25);1H,(H,2,3). The molecule has 0 heterocycles. The highest BCUT2D eigenvalue weighted by atomic mass is 32.2. The minimum absolute atomic E-state index is 0.171. The number of primary sulfonamides is 1. The maximum atomic E-state index is 14.3. The van der Waals surface area contributed by atoms with Crippen LogP contribution in [-0.4, -0.2) is 69.9 Å². The first kappa shape index (κ1) is 24.2. The number of rotatable bonds is 6. The van der Waals surface area contributed by atoms with Crippen LogP contribution in [0.25, 0.3) is 11.1 Å². The first-order valence-corrected chi connectivity index (χ1v) is 9.96. The van der Waals surface area contributed by atoms with E-state index in [2.05, 4.69) is 0 Å². The van der Waals surface area contributed by atoms with Crippen molar-refractivity contribution in [3.8, 4) is 11.1 Å². The number of nitrogens with zero attached hydrogens (tertiary/aromatic N) is 2. The Hall–Kier alpha value is -2.82. The van der Waals surface area contributed by atoms with Gasteiger partial charge in [0, 0.05) is 31.3 Å². The summed E-state index contributed by atoms with van der Waals surface area (Å²) in [6.07, 6.45) is 0. The molecule has 2 rings (SSSR count). The van der Waals surface area contributed by atoms with Crippen LogP contribution in [0.1, 0.15) is 10.4 Å². The van der Waals surface area contributed by atoms with Gasteiger partial charge in [0.1, 0.15) is 5.82 Å².